The molecule has 6 heteroatoms. The number of halogens is 2. The van der Waals surface area contributed by atoms with E-state index in [1.165, 1.54) is 6.07 Å². The van der Waals surface area contributed by atoms with Gasteiger partial charge in [-0.1, -0.05) is 0 Å². The first kappa shape index (κ1) is 11.2. The fraction of sp³-hybridized carbons (Fsp3) is 0.200. The van der Waals surface area contributed by atoms with Crippen LogP contribution in [0.2, 0.25) is 0 Å². The van der Waals surface area contributed by atoms with Gasteiger partial charge in [-0.05, 0) is 34.1 Å². The van der Waals surface area contributed by atoms with Crippen LogP contribution in [0.15, 0.2) is 27.1 Å². The first-order chi connectivity index (χ1) is 7.70. The van der Waals surface area contributed by atoms with Crippen molar-refractivity contribution in [2.45, 2.75) is 6.42 Å². The zero-order valence-corrected chi connectivity index (χ0v) is 9.87. The molecule has 0 atom stereocenters. The van der Waals surface area contributed by atoms with Crippen LogP contribution in [0.5, 0.6) is 0 Å². The zero-order valence-electron chi connectivity index (χ0n) is 8.28. The highest BCUT2D eigenvalue weighted by atomic mass is 79.9. The van der Waals surface area contributed by atoms with E-state index in [9.17, 15) is 4.39 Å². The topological polar surface area (TPSA) is 64.9 Å². The lowest BCUT2D eigenvalue weighted by Crippen LogP contribution is -2.02. The molecule has 0 saturated heterocycles. The van der Waals surface area contributed by atoms with Gasteiger partial charge in [0, 0.05) is 18.5 Å². The van der Waals surface area contributed by atoms with Gasteiger partial charge in [0.1, 0.15) is 5.82 Å². The van der Waals surface area contributed by atoms with Gasteiger partial charge in [0.2, 0.25) is 11.8 Å². The van der Waals surface area contributed by atoms with Crippen molar-refractivity contribution in [3.05, 3.63) is 34.4 Å². The molecule has 0 aliphatic carbocycles. The molecule has 84 valence electrons. The van der Waals surface area contributed by atoms with Crippen LogP contribution >= 0.6 is 15.9 Å². The summed E-state index contributed by atoms with van der Waals surface area (Å²) in [6.07, 6.45) is 0.520. The molecule has 2 rings (SSSR count). The van der Waals surface area contributed by atoms with E-state index in [0.717, 1.165) is 0 Å². The lowest BCUT2D eigenvalue weighted by Gasteiger charge is -1.96. The molecule has 0 unspecified atom stereocenters. The lowest BCUT2D eigenvalue weighted by molar-refractivity contribution is 0.506. The Morgan fingerprint density at radius 3 is 2.88 bits per heavy atom. The highest BCUT2D eigenvalue weighted by Gasteiger charge is 2.09. The van der Waals surface area contributed by atoms with Crippen molar-refractivity contribution in [2.24, 2.45) is 5.73 Å². The maximum absolute atomic E-state index is 13.3. The number of hydrogen-bond acceptors (Lipinski definition) is 4. The van der Waals surface area contributed by atoms with E-state index in [1.807, 2.05) is 0 Å². The summed E-state index contributed by atoms with van der Waals surface area (Å²) in [5.74, 6) is 0.395. The van der Waals surface area contributed by atoms with Gasteiger partial charge in [0.15, 0.2) is 0 Å². The van der Waals surface area contributed by atoms with Crippen LogP contribution in [0, 0.1) is 5.82 Å². The molecule has 0 bridgehead atoms. The molecule has 0 radical (unpaired) electrons. The summed E-state index contributed by atoms with van der Waals surface area (Å²) in [6.45, 7) is 0.441. The number of benzene rings is 1. The van der Waals surface area contributed by atoms with E-state index in [0.29, 0.717) is 34.8 Å². The molecule has 0 amide bonds. The van der Waals surface area contributed by atoms with E-state index >= 15 is 0 Å². The lowest BCUT2D eigenvalue weighted by atomic mass is 10.2. The average molecular weight is 286 g/mol. The molecule has 2 aromatic rings. The summed E-state index contributed by atoms with van der Waals surface area (Å²) < 4.78 is 19.0. The van der Waals surface area contributed by atoms with Crippen molar-refractivity contribution in [1.29, 1.82) is 0 Å². The van der Waals surface area contributed by atoms with Crippen molar-refractivity contribution in [3.8, 4) is 11.5 Å². The zero-order chi connectivity index (χ0) is 11.5. The van der Waals surface area contributed by atoms with Gasteiger partial charge in [-0.25, -0.2) is 4.39 Å². The number of hydrogen-bond donors (Lipinski definition) is 1. The second-order valence-corrected chi connectivity index (χ2v) is 4.02. The molecular weight excluding hydrogens is 277 g/mol. The summed E-state index contributed by atoms with van der Waals surface area (Å²) in [4.78, 5) is 0. The first-order valence-corrected chi connectivity index (χ1v) is 5.48. The number of nitrogens with two attached hydrogens (primary N) is 1. The van der Waals surface area contributed by atoms with Gasteiger partial charge in [-0.15, -0.1) is 10.2 Å². The van der Waals surface area contributed by atoms with Crippen LogP contribution in [0.3, 0.4) is 0 Å². The molecule has 0 fully saturated rings. The Kier molecular flexibility index (Phi) is 3.31. The van der Waals surface area contributed by atoms with Crippen molar-refractivity contribution in [1.82, 2.24) is 10.2 Å². The second kappa shape index (κ2) is 4.71. The SMILES string of the molecule is NCCc1nnc(-c2ccc(Br)c(F)c2)o1. The summed E-state index contributed by atoms with van der Waals surface area (Å²) >= 11 is 3.07. The van der Waals surface area contributed by atoms with E-state index < -0.39 is 0 Å². The van der Waals surface area contributed by atoms with Crippen molar-refractivity contribution in [3.63, 3.8) is 0 Å². The molecule has 4 nitrogen and oxygen atoms in total. The molecule has 0 saturated carbocycles. The Morgan fingerprint density at radius 2 is 2.19 bits per heavy atom. The maximum atomic E-state index is 13.3. The third-order valence-corrected chi connectivity index (χ3v) is 2.63. The van der Waals surface area contributed by atoms with Gasteiger partial charge >= 0.3 is 0 Å². The van der Waals surface area contributed by atoms with E-state index in [1.54, 1.807) is 12.1 Å². The fourth-order valence-corrected chi connectivity index (χ4v) is 1.47. The van der Waals surface area contributed by atoms with Gasteiger partial charge in [-0.2, -0.15) is 0 Å². The first-order valence-electron chi connectivity index (χ1n) is 4.68. The van der Waals surface area contributed by atoms with Crippen LogP contribution in [0.4, 0.5) is 4.39 Å². The molecule has 0 aliphatic heterocycles. The standard InChI is InChI=1S/C10H9BrFN3O/c11-7-2-1-6(5-8(7)12)10-15-14-9(16-10)3-4-13/h1-2,5H,3-4,13H2. The predicted molar refractivity (Wildman–Crippen MR) is 60.2 cm³/mol. The van der Waals surface area contributed by atoms with Crippen LogP contribution in [-0.2, 0) is 6.42 Å². The summed E-state index contributed by atoms with van der Waals surface area (Å²) in [6, 6.07) is 4.63. The smallest absolute Gasteiger partial charge is 0.247 e. The van der Waals surface area contributed by atoms with Gasteiger partial charge in [0.05, 0.1) is 4.47 Å². The maximum Gasteiger partial charge on any atom is 0.247 e. The Hall–Kier alpha value is -1.27. The predicted octanol–water partition coefficient (Wildman–Crippen LogP) is 2.14. The minimum atomic E-state index is -0.365. The summed E-state index contributed by atoms with van der Waals surface area (Å²) in [5, 5.41) is 7.63. The Labute approximate surface area is 99.8 Å². The third-order valence-electron chi connectivity index (χ3n) is 1.99. The van der Waals surface area contributed by atoms with Gasteiger partial charge in [0.25, 0.3) is 0 Å². The highest BCUT2D eigenvalue weighted by Crippen LogP contribution is 2.23. The van der Waals surface area contributed by atoms with Crippen LogP contribution in [0.25, 0.3) is 11.5 Å². The van der Waals surface area contributed by atoms with Crippen LogP contribution in [0.1, 0.15) is 5.89 Å². The monoisotopic (exact) mass is 285 g/mol. The molecule has 1 heterocycles. The summed E-state index contributed by atoms with van der Waals surface area (Å²) in [5.41, 5.74) is 5.91. The Morgan fingerprint density at radius 1 is 1.38 bits per heavy atom. The fourth-order valence-electron chi connectivity index (χ4n) is 1.22. The van der Waals surface area contributed by atoms with Crippen LogP contribution < -0.4 is 5.73 Å². The Balaban J connectivity index is 2.31. The molecule has 1 aromatic heterocycles. The Bertz CT molecular complexity index is 501. The van der Waals surface area contributed by atoms with Crippen molar-refractivity contribution < 1.29 is 8.81 Å². The number of aromatic nitrogens is 2. The quantitative estimate of drug-likeness (QED) is 0.938. The minimum Gasteiger partial charge on any atom is -0.421 e. The second-order valence-electron chi connectivity index (χ2n) is 3.17. The van der Waals surface area contributed by atoms with Gasteiger partial charge < -0.3 is 10.2 Å². The van der Waals surface area contributed by atoms with Crippen molar-refractivity contribution >= 4 is 15.9 Å². The van der Waals surface area contributed by atoms with Crippen molar-refractivity contribution in [2.75, 3.05) is 6.54 Å². The largest absolute Gasteiger partial charge is 0.421 e. The van der Waals surface area contributed by atoms with E-state index in [2.05, 4.69) is 26.1 Å². The molecule has 0 aliphatic rings. The number of rotatable bonds is 3. The average Bonchev–Trinajstić information content (AvgIpc) is 2.71. The molecule has 16 heavy (non-hydrogen) atoms. The van der Waals surface area contributed by atoms with E-state index in [-0.39, 0.29) is 5.82 Å². The molecular formula is C10H9BrFN3O. The molecule has 0 spiro atoms. The minimum absolute atomic E-state index is 0.301. The van der Waals surface area contributed by atoms with Gasteiger partial charge in [-0.3, -0.25) is 0 Å². The van der Waals surface area contributed by atoms with Crippen LogP contribution in [-0.4, -0.2) is 16.7 Å². The molecule has 1 aromatic carbocycles. The highest BCUT2D eigenvalue weighted by molar-refractivity contribution is 9.10. The van der Waals surface area contributed by atoms with E-state index in [4.69, 9.17) is 10.2 Å². The third kappa shape index (κ3) is 2.28. The molecule has 2 N–H and O–H groups in total. The normalized spacial score (nSPS) is 10.7. The summed E-state index contributed by atoms with van der Waals surface area (Å²) in [7, 11) is 0. The number of nitrogens with zero attached hydrogens (tertiary/aromatic N) is 2.